The number of hydrogen-bond donors (Lipinski definition) is 1. The Bertz CT molecular complexity index is 1060. The molecule has 8 heteroatoms. The van der Waals surface area contributed by atoms with E-state index in [4.69, 9.17) is 9.47 Å². The molecule has 1 atom stereocenters. The van der Waals surface area contributed by atoms with Crippen molar-refractivity contribution in [1.82, 2.24) is 15.0 Å². The van der Waals surface area contributed by atoms with Gasteiger partial charge in [0, 0.05) is 18.2 Å². The molecule has 27 heavy (non-hydrogen) atoms. The van der Waals surface area contributed by atoms with Gasteiger partial charge >= 0.3 is 0 Å². The van der Waals surface area contributed by atoms with Gasteiger partial charge in [-0.05, 0) is 31.2 Å². The summed E-state index contributed by atoms with van der Waals surface area (Å²) in [7, 11) is 0. The molecule has 1 aromatic heterocycles. The number of amides is 1. The standard InChI is InChI=1S/C19H18N4O4/c1-12(23-19(25)14-5-2-3-6-15(14)21-22-23)18(24)20-13-7-8-16-17(11-13)27-10-4-9-26-16/h2-3,5-8,11-12H,4,9-10H2,1H3,(H,20,24). The summed E-state index contributed by atoms with van der Waals surface area (Å²) in [6.07, 6.45) is 0.803. The third-order valence-electron chi connectivity index (χ3n) is 4.35. The number of benzene rings is 2. The summed E-state index contributed by atoms with van der Waals surface area (Å²) in [4.78, 5) is 25.2. The molecule has 4 rings (SSSR count). The maximum absolute atomic E-state index is 12.6. The topological polar surface area (TPSA) is 95.3 Å². The molecule has 0 saturated carbocycles. The number of rotatable bonds is 3. The highest BCUT2D eigenvalue weighted by atomic mass is 16.5. The highest BCUT2D eigenvalue weighted by Crippen LogP contribution is 2.32. The van der Waals surface area contributed by atoms with E-state index in [1.807, 2.05) is 0 Å². The third-order valence-corrected chi connectivity index (χ3v) is 4.35. The molecule has 138 valence electrons. The second-order valence-electron chi connectivity index (χ2n) is 6.23. The number of hydrogen-bond acceptors (Lipinski definition) is 6. The summed E-state index contributed by atoms with van der Waals surface area (Å²) < 4.78 is 12.3. The van der Waals surface area contributed by atoms with Gasteiger partial charge in [0.25, 0.3) is 5.56 Å². The highest BCUT2D eigenvalue weighted by Gasteiger charge is 2.20. The molecule has 0 aliphatic carbocycles. The Morgan fingerprint density at radius 3 is 2.78 bits per heavy atom. The van der Waals surface area contributed by atoms with Crippen molar-refractivity contribution >= 4 is 22.5 Å². The van der Waals surface area contributed by atoms with Gasteiger partial charge in [0.2, 0.25) is 5.91 Å². The minimum absolute atomic E-state index is 0.359. The van der Waals surface area contributed by atoms with E-state index in [0.29, 0.717) is 41.3 Å². The minimum Gasteiger partial charge on any atom is -0.490 e. The van der Waals surface area contributed by atoms with E-state index in [1.54, 1.807) is 49.4 Å². The van der Waals surface area contributed by atoms with E-state index < -0.39 is 6.04 Å². The maximum atomic E-state index is 12.6. The molecule has 1 aliphatic rings. The molecule has 0 saturated heterocycles. The van der Waals surface area contributed by atoms with Crippen LogP contribution in [0, 0.1) is 0 Å². The van der Waals surface area contributed by atoms with Crippen molar-refractivity contribution in [3.63, 3.8) is 0 Å². The SMILES string of the molecule is CC(C(=O)Nc1ccc2c(c1)OCCCO2)n1nnc2ccccc2c1=O. The molecule has 8 nitrogen and oxygen atoms in total. The van der Waals surface area contributed by atoms with Crippen molar-refractivity contribution in [3.05, 3.63) is 52.8 Å². The first kappa shape index (κ1) is 17.0. The molecular weight excluding hydrogens is 348 g/mol. The molecule has 1 amide bonds. The average Bonchev–Trinajstić information content (AvgIpc) is 2.93. The number of ether oxygens (including phenoxy) is 2. The summed E-state index contributed by atoms with van der Waals surface area (Å²) >= 11 is 0. The molecular formula is C19H18N4O4. The first-order valence-corrected chi connectivity index (χ1v) is 8.68. The van der Waals surface area contributed by atoms with Crippen molar-refractivity contribution in [2.24, 2.45) is 0 Å². The van der Waals surface area contributed by atoms with Crippen LogP contribution in [-0.2, 0) is 4.79 Å². The van der Waals surface area contributed by atoms with Crippen molar-refractivity contribution in [1.29, 1.82) is 0 Å². The number of fused-ring (bicyclic) bond motifs is 2. The molecule has 1 unspecified atom stereocenters. The van der Waals surface area contributed by atoms with E-state index in [1.165, 1.54) is 0 Å². The van der Waals surface area contributed by atoms with Crippen LogP contribution in [0.3, 0.4) is 0 Å². The van der Waals surface area contributed by atoms with Gasteiger partial charge in [0.15, 0.2) is 11.5 Å². The quantitative estimate of drug-likeness (QED) is 0.763. The van der Waals surface area contributed by atoms with Crippen LogP contribution in [0.2, 0.25) is 0 Å². The number of aromatic nitrogens is 3. The monoisotopic (exact) mass is 366 g/mol. The first-order valence-electron chi connectivity index (χ1n) is 8.68. The second-order valence-corrected chi connectivity index (χ2v) is 6.23. The Labute approximate surface area is 154 Å². The molecule has 1 N–H and O–H groups in total. The summed E-state index contributed by atoms with van der Waals surface area (Å²) in [5.74, 6) is 0.854. The lowest BCUT2D eigenvalue weighted by Gasteiger charge is -2.15. The zero-order valence-electron chi connectivity index (χ0n) is 14.7. The maximum Gasteiger partial charge on any atom is 0.278 e. The van der Waals surface area contributed by atoms with E-state index in [-0.39, 0.29) is 11.5 Å². The predicted octanol–water partition coefficient (Wildman–Crippen LogP) is 2.15. The number of carbonyl (C=O) groups excluding carboxylic acids is 1. The zero-order valence-corrected chi connectivity index (χ0v) is 14.7. The van der Waals surface area contributed by atoms with Crippen LogP contribution < -0.4 is 20.3 Å². The summed E-state index contributed by atoms with van der Waals surface area (Å²) in [6, 6.07) is 11.3. The fraction of sp³-hybridized carbons (Fsp3) is 0.263. The normalized spacial score (nSPS) is 14.4. The molecule has 2 aromatic carbocycles. The highest BCUT2D eigenvalue weighted by molar-refractivity contribution is 5.93. The Morgan fingerprint density at radius 2 is 1.93 bits per heavy atom. The second kappa shape index (κ2) is 7.06. The van der Waals surface area contributed by atoms with E-state index in [9.17, 15) is 9.59 Å². The minimum atomic E-state index is -0.828. The van der Waals surface area contributed by atoms with Crippen LogP contribution in [0.25, 0.3) is 10.9 Å². The number of carbonyl (C=O) groups is 1. The lowest BCUT2D eigenvalue weighted by atomic mass is 10.2. The lowest BCUT2D eigenvalue weighted by Crippen LogP contribution is -2.34. The van der Waals surface area contributed by atoms with Crippen LogP contribution in [-0.4, -0.2) is 34.1 Å². The van der Waals surface area contributed by atoms with Crippen LogP contribution in [0.1, 0.15) is 19.4 Å². The Hall–Kier alpha value is -3.42. The fourth-order valence-electron chi connectivity index (χ4n) is 2.85. The molecule has 3 aromatic rings. The van der Waals surface area contributed by atoms with Gasteiger partial charge in [-0.3, -0.25) is 9.59 Å². The van der Waals surface area contributed by atoms with Gasteiger partial charge in [-0.25, -0.2) is 0 Å². The largest absolute Gasteiger partial charge is 0.490 e. The molecule has 0 fully saturated rings. The number of anilines is 1. The third kappa shape index (κ3) is 3.33. The average molecular weight is 366 g/mol. The van der Waals surface area contributed by atoms with Gasteiger partial charge in [-0.1, -0.05) is 17.3 Å². The van der Waals surface area contributed by atoms with Gasteiger partial charge < -0.3 is 14.8 Å². The molecule has 2 heterocycles. The van der Waals surface area contributed by atoms with Gasteiger partial charge in [-0.2, -0.15) is 4.68 Å². The Kier molecular flexibility index (Phi) is 4.45. The molecule has 1 aliphatic heterocycles. The van der Waals surface area contributed by atoms with Crippen molar-refractivity contribution in [2.45, 2.75) is 19.4 Å². The first-order chi connectivity index (χ1) is 13.1. The number of nitrogens with one attached hydrogen (secondary N) is 1. The Balaban J connectivity index is 1.57. The van der Waals surface area contributed by atoms with Gasteiger partial charge in [0.1, 0.15) is 11.6 Å². The summed E-state index contributed by atoms with van der Waals surface area (Å²) in [6.45, 7) is 2.76. The summed E-state index contributed by atoms with van der Waals surface area (Å²) in [5.41, 5.74) is 0.689. The molecule has 0 bridgehead atoms. The van der Waals surface area contributed by atoms with Crippen molar-refractivity contribution < 1.29 is 14.3 Å². The lowest BCUT2D eigenvalue weighted by molar-refractivity contribution is -0.119. The van der Waals surface area contributed by atoms with E-state index in [2.05, 4.69) is 15.6 Å². The van der Waals surface area contributed by atoms with Crippen LogP contribution in [0.4, 0.5) is 5.69 Å². The van der Waals surface area contributed by atoms with E-state index >= 15 is 0 Å². The number of nitrogens with zero attached hydrogens (tertiary/aromatic N) is 3. The van der Waals surface area contributed by atoms with Gasteiger partial charge in [0.05, 0.1) is 18.6 Å². The van der Waals surface area contributed by atoms with Crippen LogP contribution in [0.15, 0.2) is 47.3 Å². The smallest absolute Gasteiger partial charge is 0.278 e. The predicted molar refractivity (Wildman–Crippen MR) is 99.2 cm³/mol. The van der Waals surface area contributed by atoms with Crippen LogP contribution >= 0.6 is 0 Å². The zero-order chi connectivity index (χ0) is 18.8. The van der Waals surface area contributed by atoms with Crippen molar-refractivity contribution in [2.75, 3.05) is 18.5 Å². The molecule has 0 radical (unpaired) electrons. The van der Waals surface area contributed by atoms with Gasteiger partial charge in [-0.15, -0.1) is 5.10 Å². The fourth-order valence-corrected chi connectivity index (χ4v) is 2.85. The Morgan fingerprint density at radius 1 is 1.15 bits per heavy atom. The van der Waals surface area contributed by atoms with Crippen LogP contribution in [0.5, 0.6) is 11.5 Å². The van der Waals surface area contributed by atoms with Crippen molar-refractivity contribution in [3.8, 4) is 11.5 Å². The molecule has 0 spiro atoms. The summed E-state index contributed by atoms with van der Waals surface area (Å²) in [5, 5.41) is 11.1. The van der Waals surface area contributed by atoms with E-state index in [0.717, 1.165) is 11.1 Å².